The number of rotatable bonds is 11. The number of fused-ring (bicyclic) bond motifs is 1. The highest BCUT2D eigenvalue weighted by Gasteiger charge is 2.40. The topological polar surface area (TPSA) is 104 Å². The molecule has 0 fully saturated rings. The molecule has 0 unspecified atom stereocenters. The van der Waals surface area contributed by atoms with E-state index in [0.29, 0.717) is 6.54 Å². The van der Waals surface area contributed by atoms with E-state index in [1.165, 1.54) is 29.2 Å². The number of nitrogens with zero attached hydrogens (tertiary/aromatic N) is 2. The van der Waals surface area contributed by atoms with Crippen molar-refractivity contribution in [3.8, 4) is 0 Å². The Bertz CT molecular complexity index is 1200. The Morgan fingerprint density at radius 3 is 2.46 bits per heavy atom. The summed E-state index contributed by atoms with van der Waals surface area (Å²) in [5, 5.41) is 2.79. The Balaban J connectivity index is 1.70. The minimum absolute atomic E-state index is 0.0464. The van der Waals surface area contributed by atoms with E-state index in [4.69, 9.17) is 0 Å². The van der Waals surface area contributed by atoms with Gasteiger partial charge < -0.3 is 10.2 Å². The van der Waals surface area contributed by atoms with E-state index < -0.39 is 33.7 Å². The van der Waals surface area contributed by atoms with Gasteiger partial charge in [0.15, 0.2) is 0 Å². The quantitative estimate of drug-likeness (QED) is 0.475. The molecular formula is C25H30FN3O5S. The monoisotopic (exact) mass is 503 g/mol. The van der Waals surface area contributed by atoms with Crippen LogP contribution in [0.2, 0.25) is 0 Å². The van der Waals surface area contributed by atoms with Crippen molar-refractivity contribution in [2.24, 2.45) is 0 Å². The molecule has 35 heavy (non-hydrogen) atoms. The number of nitrogens with one attached hydrogen (secondary N) is 1. The lowest BCUT2D eigenvalue weighted by Gasteiger charge is -2.29. The van der Waals surface area contributed by atoms with Crippen LogP contribution < -0.4 is 5.32 Å². The van der Waals surface area contributed by atoms with Crippen molar-refractivity contribution in [2.75, 3.05) is 13.1 Å². The number of amides is 3. The Morgan fingerprint density at radius 2 is 1.77 bits per heavy atom. The second kappa shape index (κ2) is 11.4. The number of carbonyl (C=O) groups excluding carboxylic acids is 3. The Morgan fingerprint density at radius 1 is 1.09 bits per heavy atom. The fraction of sp³-hybridized carbons (Fsp3) is 0.400. The fourth-order valence-electron chi connectivity index (χ4n) is 3.90. The first-order valence-electron chi connectivity index (χ1n) is 11.6. The van der Waals surface area contributed by atoms with Crippen LogP contribution in [0.4, 0.5) is 4.39 Å². The summed E-state index contributed by atoms with van der Waals surface area (Å²) < 4.78 is 40.5. The molecule has 0 saturated carbocycles. The molecule has 1 aliphatic heterocycles. The molecule has 0 radical (unpaired) electrons. The lowest BCUT2D eigenvalue weighted by atomic mass is 10.1. The first-order chi connectivity index (χ1) is 16.7. The van der Waals surface area contributed by atoms with E-state index in [-0.39, 0.29) is 47.9 Å². The normalized spacial score (nSPS) is 14.9. The van der Waals surface area contributed by atoms with Gasteiger partial charge in [-0.2, -0.15) is 0 Å². The average molecular weight is 504 g/mol. The molecule has 0 bridgehead atoms. The third-order valence-electron chi connectivity index (χ3n) is 5.96. The number of hydrogen-bond acceptors (Lipinski definition) is 5. The maximum atomic E-state index is 14.3. The zero-order valence-corrected chi connectivity index (χ0v) is 20.7. The third kappa shape index (κ3) is 5.87. The highest BCUT2D eigenvalue weighted by Crippen LogP contribution is 2.30. The van der Waals surface area contributed by atoms with E-state index in [2.05, 4.69) is 5.32 Å². The molecule has 1 heterocycles. The molecule has 8 nitrogen and oxygen atoms in total. The van der Waals surface area contributed by atoms with Gasteiger partial charge in [-0.3, -0.25) is 14.4 Å². The van der Waals surface area contributed by atoms with E-state index >= 15 is 0 Å². The van der Waals surface area contributed by atoms with Crippen molar-refractivity contribution >= 4 is 27.7 Å². The number of carbonyl (C=O) groups is 3. The molecule has 10 heteroatoms. The van der Waals surface area contributed by atoms with E-state index in [9.17, 15) is 27.2 Å². The van der Waals surface area contributed by atoms with Crippen molar-refractivity contribution in [2.45, 2.75) is 57.0 Å². The summed E-state index contributed by atoms with van der Waals surface area (Å²) in [6.07, 6.45) is 1.64. The van der Waals surface area contributed by atoms with Gasteiger partial charge in [-0.15, -0.1) is 0 Å². The van der Waals surface area contributed by atoms with Gasteiger partial charge in [0.2, 0.25) is 11.8 Å². The lowest BCUT2D eigenvalue weighted by molar-refractivity contribution is -0.140. The smallest absolute Gasteiger partial charge is 0.269 e. The standard InChI is InChI=1S/C25H30FN3O5S/c1-3-4-15-27-24(31)18(2)28(17-19-10-5-7-12-21(19)26)23(30)14-9-16-29-25(32)20-11-6-8-13-22(20)35(29,33)34/h5-8,10-13,18H,3-4,9,14-17H2,1-2H3,(H,27,31)/t18-/m1/s1. The van der Waals surface area contributed by atoms with Gasteiger partial charge in [-0.1, -0.05) is 43.7 Å². The first-order valence-corrected chi connectivity index (χ1v) is 13.1. The largest absolute Gasteiger partial charge is 0.354 e. The lowest BCUT2D eigenvalue weighted by Crippen LogP contribution is -2.48. The Hall–Kier alpha value is -3.27. The molecule has 1 aliphatic rings. The van der Waals surface area contributed by atoms with Crippen molar-refractivity contribution in [3.63, 3.8) is 0 Å². The molecule has 0 aliphatic carbocycles. The number of halogens is 1. The Labute approximate surface area is 205 Å². The predicted molar refractivity (Wildman–Crippen MR) is 128 cm³/mol. The maximum absolute atomic E-state index is 14.3. The highest BCUT2D eigenvalue weighted by atomic mass is 32.2. The van der Waals surface area contributed by atoms with Crippen LogP contribution in [-0.2, 0) is 26.2 Å². The van der Waals surface area contributed by atoms with Crippen LogP contribution in [0.25, 0.3) is 0 Å². The summed E-state index contributed by atoms with van der Waals surface area (Å²) in [6.45, 7) is 3.75. The van der Waals surface area contributed by atoms with Crippen LogP contribution in [0.15, 0.2) is 53.4 Å². The number of unbranched alkanes of at least 4 members (excludes halogenated alkanes) is 1. The molecule has 2 aromatic rings. The summed E-state index contributed by atoms with van der Waals surface area (Å²) in [7, 11) is -3.97. The first kappa shape index (κ1) is 26.3. The van der Waals surface area contributed by atoms with E-state index in [1.807, 2.05) is 6.92 Å². The van der Waals surface area contributed by atoms with Gasteiger partial charge in [-0.25, -0.2) is 17.1 Å². The maximum Gasteiger partial charge on any atom is 0.269 e. The van der Waals surface area contributed by atoms with Gasteiger partial charge in [-0.05, 0) is 38.0 Å². The van der Waals surface area contributed by atoms with Crippen molar-refractivity contribution in [3.05, 3.63) is 65.5 Å². The van der Waals surface area contributed by atoms with Crippen molar-refractivity contribution < 1.29 is 27.2 Å². The molecule has 0 saturated heterocycles. The SMILES string of the molecule is CCCCNC(=O)[C@@H](C)N(Cc1ccccc1F)C(=O)CCCN1C(=O)c2ccccc2S1(=O)=O. The molecule has 0 aromatic heterocycles. The summed E-state index contributed by atoms with van der Waals surface area (Å²) in [5.41, 5.74) is 0.374. The second-order valence-electron chi connectivity index (χ2n) is 8.42. The van der Waals surface area contributed by atoms with Crippen LogP contribution in [0, 0.1) is 5.82 Å². The number of sulfonamides is 1. The van der Waals surface area contributed by atoms with Gasteiger partial charge in [0.1, 0.15) is 16.8 Å². The Kier molecular flexibility index (Phi) is 8.61. The molecule has 188 valence electrons. The van der Waals surface area contributed by atoms with Gasteiger partial charge >= 0.3 is 0 Å². The van der Waals surface area contributed by atoms with Crippen molar-refractivity contribution in [1.29, 1.82) is 0 Å². The summed E-state index contributed by atoms with van der Waals surface area (Å²) in [6, 6.07) is 11.1. The fourth-order valence-corrected chi connectivity index (χ4v) is 5.51. The summed E-state index contributed by atoms with van der Waals surface area (Å²) >= 11 is 0. The van der Waals surface area contributed by atoms with Gasteiger partial charge in [0, 0.05) is 31.6 Å². The van der Waals surface area contributed by atoms with E-state index in [1.54, 1.807) is 31.2 Å². The molecule has 2 aromatic carbocycles. The van der Waals surface area contributed by atoms with Crippen LogP contribution in [0.3, 0.4) is 0 Å². The summed E-state index contributed by atoms with van der Waals surface area (Å²) in [5.74, 6) is -1.90. The minimum Gasteiger partial charge on any atom is -0.354 e. The molecule has 1 atom stereocenters. The molecule has 1 N–H and O–H groups in total. The predicted octanol–water partition coefficient (Wildman–Crippen LogP) is 3.08. The zero-order chi connectivity index (χ0) is 25.6. The van der Waals surface area contributed by atoms with E-state index in [0.717, 1.165) is 17.1 Å². The summed E-state index contributed by atoms with van der Waals surface area (Å²) in [4.78, 5) is 39.6. The van der Waals surface area contributed by atoms with Crippen LogP contribution >= 0.6 is 0 Å². The van der Waals surface area contributed by atoms with Crippen LogP contribution in [-0.4, -0.2) is 54.5 Å². The average Bonchev–Trinajstić information content (AvgIpc) is 3.03. The number of benzene rings is 2. The molecular weight excluding hydrogens is 473 g/mol. The molecule has 3 rings (SSSR count). The second-order valence-corrected chi connectivity index (χ2v) is 10.2. The van der Waals surface area contributed by atoms with Gasteiger partial charge in [0.05, 0.1) is 5.56 Å². The minimum atomic E-state index is -3.97. The number of hydrogen-bond donors (Lipinski definition) is 1. The molecule has 3 amide bonds. The van der Waals surface area contributed by atoms with Crippen molar-refractivity contribution in [1.82, 2.24) is 14.5 Å². The third-order valence-corrected chi connectivity index (χ3v) is 7.80. The van der Waals surface area contributed by atoms with Crippen LogP contribution in [0.1, 0.15) is 55.5 Å². The molecule has 0 spiro atoms. The van der Waals surface area contributed by atoms with Crippen LogP contribution in [0.5, 0.6) is 0 Å². The zero-order valence-electron chi connectivity index (χ0n) is 19.9. The highest BCUT2D eigenvalue weighted by molar-refractivity contribution is 7.90. The van der Waals surface area contributed by atoms with Gasteiger partial charge in [0.25, 0.3) is 15.9 Å².